The van der Waals surface area contributed by atoms with Gasteiger partial charge in [0.05, 0.1) is 11.5 Å². The zero-order valence-corrected chi connectivity index (χ0v) is 14.7. The molecule has 0 aromatic heterocycles. The third-order valence-electron chi connectivity index (χ3n) is 7.85. The number of cyclic esters (lactones) is 2. The molecule has 1 unspecified atom stereocenters. The molecule has 1 aromatic carbocycles. The van der Waals surface area contributed by atoms with E-state index in [-0.39, 0.29) is 17.3 Å². The minimum absolute atomic E-state index is 0.216. The Hall–Kier alpha value is -2.16. The van der Waals surface area contributed by atoms with Crippen LogP contribution in [-0.4, -0.2) is 11.9 Å². The second-order valence-corrected chi connectivity index (χ2v) is 9.01. The van der Waals surface area contributed by atoms with Crippen molar-refractivity contribution in [3.8, 4) is 0 Å². The van der Waals surface area contributed by atoms with E-state index in [4.69, 9.17) is 4.74 Å². The first-order valence-electron chi connectivity index (χ1n) is 9.91. The van der Waals surface area contributed by atoms with E-state index >= 15 is 0 Å². The molecule has 3 heteroatoms. The van der Waals surface area contributed by atoms with Gasteiger partial charge in [0.25, 0.3) is 0 Å². The molecular weight excluding hydrogens is 324 g/mol. The van der Waals surface area contributed by atoms with Crippen LogP contribution in [0.15, 0.2) is 48.1 Å². The first kappa shape index (κ1) is 15.0. The fourth-order valence-electron chi connectivity index (χ4n) is 7.14. The summed E-state index contributed by atoms with van der Waals surface area (Å²) in [6, 6.07) is 10.3. The van der Waals surface area contributed by atoms with Gasteiger partial charge in [-0.25, -0.2) is 4.79 Å². The van der Waals surface area contributed by atoms with Crippen molar-refractivity contribution in [2.45, 2.75) is 32.1 Å². The Labute approximate surface area is 153 Å². The lowest BCUT2D eigenvalue weighted by atomic mass is 9.41. The lowest BCUT2D eigenvalue weighted by Gasteiger charge is -2.62. The molecule has 132 valence electrons. The molecule has 6 aliphatic rings. The number of fused-ring (bicyclic) bond motifs is 1. The Bertz CT molecular complexity index is 848. The van der Waals surface area contributed by atoms with E-state index in [0.717, 1.165) is 23.0 Å². The average molecular weight is 346 g/mol. The highest BCUT2D eigenvalue weighted by molar-refractivity contribution is 6.10. The molecule has 5 aliphatic carbocycles. The molecule has 1 aromatic rings. The van der Waals surface area contributed by atoms with Crippen molar-refractivity contribution >= 4 is 17.5 Å². The molecule has 4 bridgehead atoms. The summed E-state index contributed by atoms with van der Waals surface area (Å²) in [5.41, 5.74) is 2.60. The van der Waals surface area contributed by atoms with Crippen molar-refractivity contribution in [3.05, 3.63) is 53.6 Å². The van der Waals surface area contributed by atoms with Crippen molar-refractivity contribution in [3.63, 3.8) is 0 Å². The van der Waals surface area contributed by atoms with Gasteiger partial charge in [-0.3, -0.25) is 4.79 Å². The van der Waals surface area contributed by atoms with Crippen molar-refractivity contribution in [2.75, 3.05) is 0 Å². The number of hydrogen-bond donors (Lipinski definition) is 0. The van der Waals surface area contributed by atoms with Crippen LogP contribution in [0.2, 0.25) is 0 Å². The molecule has 1 atom stereocenters. The number of carbonyl (C=O) groups is 2. The maximum Gasteiger partial charge on any atom is 0.342 e. The average Bonchev–Trinajstić information content (AvgIpc) is 2.94. The van der Waals surface area contributed by atoms with Gasteiger partial charge in [-0.1, -0.05) is 36.4 Å². The number of benzene rings is 1. The summed E-state index contributed by atoms with van der Waals surface area (Å²) >= 11 is 0. The summed E-state index contributed by atoms with van der Waals surface area (Å²) in [6.07, 6.45) is 10.5. The highest BCUT2D eigenvalue weighted by atomic mass is 16.6. The second-order valence-electron chi connectivity index (χ2n) is 9.01. The topological polar surface area (TPSA) is 43.4 Å². The van der Waals surface area contributed by atoms with Crippen molar-refractivity contribution in [1.29, 1.82) is 0 Å². The Morgan fingerprint density at radius 1 is 0.885 bits per heavy atom. The van der Waals surface area contributed by atoms with Gasteiger partial charge in [0.1, 0.15) is 0 Å². The summed E-state index contributed by atoms with van der Waals surface area (Å²) in [7, 11) is 0. The minimum Gasteiger partial charge on any atom is -0.389 e. The zero-order valence-electron chi connectivity index (χ0n) is 14.7. The van der Waals surface area contributed by atoms with Gasteiger partial charge in [0, 0.05) is 5.41 Å². The van der Waals surface area contributed by atoms with Crippen LogP contribution in [0.4, 0.5) is 0 Å². The standard InChI is InChI=1S/C23H22O3/c24-21-19-11-16(15-4-2-1-3-5-15)12-23(20(19)22(25)26-21)17-7-13-6-14(9-17)10-18(23)8-13/h1-5,11-14,17-18,20H,6-10H2. The van der Waals surface area contributed by atoms with Gasteiger partial charge >= 0.3 is 11.9 Å². The lowest BCUT2D eigenvalue weighted by Crippen LogP contribution is -2.57. The predicted octanol–water partition coefficient (Wildman–Crippen LogP) is 4.15. The molecule has 26 heavy (non-hydrogen) atoms. The molecule has 1 spiro atoms. The van der Waals surface area contributed by atoms with E-state index < -0.39 is 5.97 Å². The summed E-state index contributed by atoms with van der Waals surface area (Å²) in [4.78, 5) is 25.2. The Morgan fingerprint density at radius 2 is 1.54 bits per heavy atom. The van der Waals surface area contributed by atoms with Crippen LogP contribution in [0.1, 0.15) is 37.7 Å². The zero-order chi connectivity index (χ0) is 17.5. The smallest absolute Gasteiger partial charge is 0.342 e. The quantitative estimate of drug-likeness (QED) is 0.567. The molecular formula is C23H22O3. The van der Waals surface area contributed by atoms with Gasteiger partial charge in [-0.2, -0.15) is 0 Å². The van der Waals surface area contributed by atoms with Crippen LogP contribution >= 0.6 is 0 Å². The maximum absolute atomic E-state index is 12.7. The van der Waals surface area contributed by atoms with E-state index in [0.29, 0.717) is 17.4 Å². The molecule has 7 rings (SSSR count). The Morgan fingerprint density at radius 3 is 2.19 bits per heavy atom. The fraction of sp³-hybridized carbons (Fsp3) is 0.478. The van der Waals surface area contributed by atoms with Gasteiger partial charge in [-0.05, 0) is 73.0 Å². The molecule has 5 fully saturated rings. The van der Waals surface area contributed by atoms with Crippen LogP contribution in [0, 0.1) is 35.0 Å². The summed E-state index contributed by atoms with van der Waals surface area (Å²) in [6.45, 7) is 0. The predicted molar refractivity (Wildman–Crippen MR) is 96.6 cm³/mol. The Kier molecular flexibility index (Phi) is 2.86. The highest BCUT2D eigenvalue weighted by Gasteiger charge is 2.65. The second kappa shape index (κ2) is 4.97. The number of ether oxygens (including phenoxy) is 1. The molecule has 1 saturated heterocycles. The molecule has 0 amide bonds. The van der Waals surface area contributed by atoms with E-state index in [1.54, 1.807) is 0 Å². The molecule has 4 saturated carbocycles. The highest BCUT2D eigenvalue weighted by Crippen LogP contribution is 2.68. The summed E-state index contributed by atoms with van der Waals surface area (Å²) in [5, 5.41) is 0. The number of hydrogen-bond acceptors (Lipinski definition) is 3. The summed E-state index contributed by atoms with van der Waals surface area (Å²) < 4.78 is 5.14. The molecule has 0 N–H and O–H groups in total. The van der Waals surface area contributed by atoms with Crippen LogP contribution in [0.5, 0.6) is 0 Å². The van der Waals surface area contributed by atoms with Gasteiger partial charge in [0.2, 0.25) is 0 Å². The van der Waals surface area contributed by atoms with Gasteiger partial charge in [-0.15, -0.1) is 0 Å². The molecule has 3 nitrogen and oxygen atoms in total. The molecule has 0 radical (unpaired) electrons. The lowest BCUT2D eigenvalue weighted by molar-refractivity contribution is -0.160. The van der Waals surface area contributed by atoms with Crippen LogP contribution < -0.4 is 0 Å². The summed E-state index contributed by atoms with van der Waals surface area (Å²) in [5.74, 6) is 1.54. The van der Waals surface area contributed by atoms with Crippen LogP contribution in [0.25, 0.3) is 5.57 Å². The number of esters is 2. The third kappa shape index (κ3) is 1.79. The van der Waals surface area contributed by atoms with Crippen molar-refractivity contribution in [2.24, 2.45) is 35.0 Å². The van der Waals surface area contributed by atoms with E-state index in [1.165, 1.54) is 32.1 Å². The van der Waals surface area contributed by atoms with E-state index in [2.05, 4.69) is 18.2 Å². The monoisotopic (exact) mass is 346 g/mol. The first-order valence-corrected chi connectivity index (χ1v) is 9.91. The minimum atomic E-state index is -0.422. The van der Waals surface area contributed by atoms with Crippen LogP contribution in [0.3, 0.4) is 0 Å². The number of allylic oxidation sites excluding steroid dienone is 3. The van der Waals surface area contributed by atoms with Gasteiger partial charge in [0.15, 0.2) is 0 Å². The maximum atomic E-state index is 12.7. The largest absolute Gasteiger partial charge is 0.389 e. The first-order chi connectivity index (χ1) is 12.6. The van der Waals surface area contributed by atoms with Crippen LogP contribution in [-0.2, 0) is 14.3 Å². The fourth-order valence-corrected chi connectivity index (χ4v) is 7.14. The van der Waals surface area contributed by atoms with Crippen molar-refractivity contribution < 1.29 is 14.3 Å². The SMILES string of the molecule is O=C1OC(=O)C2C1=CC(c1ccccc1)=CC21C2CC3CC(C2)CC1C3. The van der Waals surface area contributed by atoms with Crippen molar-refractivity contribution in [1.82, 2.24) is 0 Å². The number of rotatable bonds is 1. The molecule has 1 heterocycles. The number of carbonyl (C=O) groups excluding carboxylic acids is 2. The van der Waals surface area contributed by atoms with Gasteiger partial charge < -0.3 is 4.74 Å². The van der Waals surface area contributed by atoms with E-state index in [1.807, 2.05) is 24.3 Å². The Balaban J connectivity index is 1.57. The molecule has 1 aliphatic heterocycles. The normalized spacial score (nSPS) is 42.5. The third-order valence-corrected chi connectivity index (χ3v) is 7.85. The van der Waals surface area contributed by atoms with E-state index in [9.17, 15) is 9.59 Å².